The van der Waals surface area contributed by atoms with Gasteiger partial charge in [0.15, 0.2) is 0 Å². The summed E-state index contributed by atoms with van der Waals surface area (Å²) in [6.45, 7) is 2.09. The highest BCUT2D eigenvalue weighted by Gasteiger charge is 2.27. The first-order valence-corrected chi connectivity index (χ1v) is 9.82. The molecule has 1 aliphatic heterocycles. The maximum Gasteiger partial charge on any atom is 0.126 e. The predicted molar refractivity (Wildman–Crippen MR) is 113 cm³/mol. The summed E-state index contributed by atoms with van der Waals surface area (Å²) in [7, 11) is 0. The Morgan fingerprint density at radius 3 is 2.37 bits per heavy atom. The number of aromatic hydroxyl groups is 1. The predicted octanol–water partition coefficient (Wildman–Crippen LogP) is 5.69. The van der Waals surface area contributed by atoms with Gasteiger partial charge in [0.25, 0.3) is 0 Å². The average molecular weight is 421 g/mol. The Morgan fingerprint density at radius 2 is 1.67 bits per heavy atom. The smallest absolute Gasteiger partial charge is 0.126 e. The van der Waals surface area contributed by atoms with Crippen LogP contribution in [0.4, 0.5) is 0 Å². The monoisotopic (exact) mass is 420 g/mol. The number of rotatable bonds is 3. The zero-order valence-corrected chi connectivity index (χ0v) is 16.6. The Labute approximate surface area is 167 Å². The summed E-state index contributed by atoms with van der Waals surface area (Å²) < 4.78 is 1.04. The van der Waals surface area contributed by atoms with E-state index in [2.05, 4.69) is 64.6 Å². The van der Waals surface area contributed by atoms with Crippen molar-refractivity contribution in [2.24, 2.45) is 4.99 Å². The molecule has 3 nitrogen and oxygen atoms in total. The Morgan fingerprint density at radius 1 is 0.963 bits per heavy atom. The number of aryl methyl sites for hydroxylation is 1. The lowest BCUT2D eigenvalue weighted by atomic mass is 9.93. The number of hydrogen-bond donors (Lipinski definition) is 2. The fourth-order valence-electron chi connectivity index (χ4n) is 3.42. The molecule has 4 rings (SSSR count). The molecule has 2 atom stereocenters. The summed E-state index contributed by atoms with van der Waals surface area (Å²) in [5, 5.41) is 14.0. The van der Waals surface area contributed by atoms with E-state index in [0.717, 1.165) is 33.3 Å². The third-order valence-electron chi connectivity index (χ3n) is 4.92. The molecule has 0 aliphatic carbocycles. The van der Waals surface area contributed by atoms with Gasteiger partial charge in [-0.3, -0.25) is 10.3 Å². The molecule has 27 heavy (non-hydrogen) atoms. The first-order chi connectivity index (χ1) is 13.1. The van der Waals surface area contributed by atoms with E-state index < -0.39 is 0 Å². The molecule has 0 spiro atoms. The van der Waals surface area contributed by atoms with Crippen molar-refractivity contribution < 1.29 is 5.11 Å². The molecule has 0 saturated heterocycles. The van der Waals surface area contributed by atoms with Gasteiger partial charge in [-0.2, -0.15) is 0 Å². The van der Waals surface area contributed by atoms with Crippen LogP contribution in [0.1, 0.15) is 40.9 Å². The van der Waals surface area contributed by atoms with Crippen LogP contribution in [0, 0.1) is 6.92 Å². The van der Waals surface area contributed by atoms with Crippen molar-refractivity contribution >= 4 is 21.6 Å². The highest BCUT2D eigenvalue weighted by molar-refractivity contribution is 9.10. The van der Waals surface area contributed by atoms with E-state index in [1.54, 1.807) is 6.07 Å². The molecule has 0 unspecified atom stereocenters. The zero-order chi connectivity index (χ0) is 18.8. The standard InChI is InChI=1S/C23H21BrN2O/c1-15-6-8-16(9-7-15)20-14-21(19-4-2-3-5-22(19)27)26-23(25-20)17-10-12-18(24)13-11-17/h2-13,21,23,26-27H,14H2,1H3/t21-,23-/m0/s1. The number of aliphatic imine (C=N–C) groups is 1. The van der Waals surface area contributed by atoms with Crippen LogP contribution in [0.3, 0.4) is 0 Å². The van der Waals surface area contributed by atoms with Crippen LogP contribution in [-0.4, -0.2) is 10.8 Å². The van der Waals surface area contributed by atoms with E-state index in [0.29, 0.717) is 5.75 Å². The largest absolute Gasteiger partial charge is 0.508 e. The molecule has 0 radical (unpaired) electrons. The minimum absolute atomic E-state index is 0.00588. The molecular weight excluding hydrogens is 400 g/mol. The average Bonchev–Trinajstić information content (AvgIpc) is 2.69. The molecule has 136 valence electrons. The number of hydrogen-bond acceptors (Lipinski definition) is 3. The molecule has 1 heterocycles. The van der Waals surface area contributed by atoms with Gasteiger partial charge in [0, 0.05) is 28.2 Å². The number of phenols is 1. The Bertz CT molecular complexity index is 964. The van der Waals surface area contributed by atoms with Crippen molar-refractivity contribution in [3.63, 3.8) is 0 Å². The van der Waals surface area contributed by atoms with Crippen LogP contribution in [0.5, 0.6) is 5.75 Å². The van der Waals surface area contributed by atoms with Crippen molar-refractivity contribution in [2.45, 2.75) is 25.6 Å². The Hall–Kier alpha value is -2.43. The SMILES string of the molecule is Cc1ccc(C2=N[C@H](c3ccc(Br)cc3)N[C@H](c3ccccc3O)C2)cc1. The summed E-state index contributed by atoms with van der Waals surface area (Å²) in [5.41, 5.74) is 5.41. The molecule has 0 bridgehead atoms. The second-order valence-corrected chi connectivity index (χ2v) is 7.79. The lowest BCUT2D eigenvalue weighted by molar-refractivity contribution is 0.412. The number of halogens is 1. The number of nitrogens with one attached hydrogen (secondary N) is 1. The fourth-order valence-corrected chi connectivity index (χ4v) is 3.69. The molecular formula is C23H21BrN2O. The Balaban J connectivity index is 1.75. The van der Waals surface area contributed by atoms with Crippen molar-refractivity contribution in [1.82, 2.24) is 5.32 Å². The lowest BCUT2D eigenvalue weighted by Gasteiger charge is -2.31. The van der Waals surface area contributed by atoms with E-state index in [4.69, 9.17) is 4.99 Å². The minimum atomic E-state index is -0.159. The molecule has 3 aromatic rings. The number of phenolic OH excluding ortho intramolecular Hbond substituents is 1. The van der Waals surface area contributed by atoms with E-state index >= 15 is 0 Å². The van der Waals surface area contributed by atoms with Gasteiger partial charge in [0.05, 0.1) is 0 Å². The van der Waals surface area contributed by atoms with Crippen LogP contribution < -0.4 is 5.32 Å². The molecule has 0 amide bonds. The molecule has 1 aliphatic rings. The molecule has 0 fully saturated rings. The van der Waals surface area contributed by atoms with Gasteiger partial charge >= 0.3 is 0 Å². The van der Waals surface area contributed by atoms with Crippen molar-refractivity contribution in [1.29, 1.82) is 0 Å². The second-order valence-electron chi connectivity index (χ2n) is 6.88. The third-order valence-corrected chi connectivity index (χ3v) is 5.45. The third kappa shape index (κ3) is 3.97. The first-order valence-electron chi connectivity index (χ1n) is 9.03. The molecule has 2 N–H and O–H groups in total. The highest BCUT2D eigenvalue weighted by Crippen LogP contribution is 2.34. The van der Waals surface area contributed by atoms with Gasteiger partial charge in [-0.05, 0) is 36.2 Å². The first kappa shape index (κ1) is 18.0. The summed E-state index contributed by atoms with van der Waals surface area (Å²) in [6, 6.07) is 24.2. The van der Waals surface area contributed by atoms with Gasteiger partial charge in [0.1, 0.15) is 11.9 Å². The normalized spacial score (nSPS) is 19.6. The second kappa shape index (κ2) is 7.67. The fraction of sp³-hybridized carbons (Fsp3) is 0.174. The quantitative estimate of drug-likeness (QED) is 0.571. The number of nitrogens with zero attached hydrogens (tertiary/aromatic N) is 1. The molecule has 0 aromatic heterocycles. The van der Waals surface area contributed by atoms with Gasteiger partial charge in [0.2, 0.25) is 0 Å². The maximum atomic E-state index is 10.4. The van der Waals surface area contributed by atoms with E-state index in [1.807, 2.05) is 30.3 Å². The molecule has 0 saturated carbocycles. The van der Waals surface area contributed by atoms with Gasteiger partial charge in [-0.25, -0.2) is 0 Å². The molecule has 4 heteroatoms. The van der Waals surface area contributed by atoms with Crippen LogP contribution in [0.15, 0.2) is 82.3 Å². The maximum absolute atomic E-state index is 10.4. The summed E-state index contributed by atoms with van der Waals surface area (Å²) in [6.07, 6.45) is 0.570. The van der Waals surface area contributed by atoms with Gasteiger partial charge < -0.3 is 5.11 Å². The van der Waals surface area contributed by atoms with E-state index in [1.165, 1.54) is 5.56 Å². The van der Waals surface area contributed by atoms with Crippen molar-refractivity contribution in [2.75, 3.05) is 0 Å². The van der Waals surface area contributed by atoms with Crippen LogP contribution in [0.25, 0.3) is 0 Å². The summed E-state index contributed by atoms with van der Waals surface area (Å²) in [4.78, 5) is 5.00. The van der Waals surface area contributed by atoms with Gasteiger partial charge in [-0.1, -0.05) is 76.1 Å². The lowest BCUT2D eigenvalue weighted by Crippen LogP contribution is -2.33. The highest BCUT2D eigenvalue weighted by atomic mass is 79.9. The van der Waals surface area contributed by atoms with E-state index in [9.17, 15) is 5.11 Å². The van der Waals surface area contributed by atoms with Gasteiger partial charge in [-0.15, -0.1) is 0 Å². The number of benzene rings is 3. The minimum Gasteiger partial charge on any atom is -0.508 e. The van der Waals surface area contributed by atoms with Crippen LogP contribution >= 0.6 is 15.9 Å². The van der Waals surface area contributed by atoms with Crippen LogP contribution in [0.2, 0.25) is 0 Å². The number of para-hydroxylation sites is 1. The van der Waals surface area contributed by atoms with E-state index in [-0.39, 0.29) is 12.2 Å². The van der Waals surface area contributed by atoms with Crippen LogP contribution in [-0.2, 0) is 0 Å². The van der Waals surface area contributed by atoms with Crippen molar-refractivity contribution in [3.8, 4) is 5.75 Å². The van der Waals surface area contributed by atoms with Crippen molar-refractivity contribution in [3.05, 3.63) is 99.5 Å². The summed E-state index contributed by atoms with van der Waals surface area (Å²) >= 11 is 3.49. The zero-order valence-electron chi connectivity index (χ0n) is 15.1. The molecule has 3 aromatic carbocycles. The topological polar surface area (TPSA) is 44.6 Å². The summed E-state index contributed by atoms with van der Waals surface area (Å²) in [5.74, 6) is 0.315. The Kier molecular flexibility index (Phi) is 5.10.